The molecule has 0 saturated carbocycles. The van der Waals surface area contributed by atoms with Gasteiger partial charge in [0.15, 0.2) is 0 Å². The van der Waals surface area contributed by atoms with Gasteiger partial charge in [-0.05, 0) is 51.9 Å². The second-order valence-corrected chi connectivity index (χ2v) is 3.27. The average Bonchev–Trinajstić information content (AvgIpc) is 2.64. The number of nitrogens with one attached hydrogen (secondary N) is 2. The molecule has 0 aromatic carbocycles. The molecule has 2 aliphatic rings. The lowest BCUT2D eigenvalue weighted by atomic mass is 10.2. The molecule has 2 fully saturated rings. The van der Waals surface area contributed by atoms with Crippen LogP contribution in [0, 0.1) is 0 Å². The van der Waals surface area contributed by atoms with E-state index in [1.54, 1.807) is 0 Å². The largest absolute Gasteiger partial charge is 0.317 e. The molecule has 0 unspecified atom stereocenters. The van der Waals surface area contributed by atoms with Crippen LogP contribution < -0.4 is 10.6 Å². The summed E-state index contributed by atoms with van der Waals surface area (Å²) in [5.41, 5.74) is 0. The first-order valence-electron chi connectivity index (χ1n) is 4.91. The van der Waals surface area contributed by atoms with Crippen LogP contribution in [0.3, 0.4) is 0 Å². The highest BCUT2D eigenvalue weighted by Crippen LogP contribution is 1.96. The van der Waals surface area contributed by atoms with E-state index in [4.69, 9.17) is 0 Å². The van der Waals surface area contributed by atoms with E-state index in [1.807, 2.05) is 0 Å². The highest BCUT2D eigenvalue weighted by molar-refractivity contribution is 4.55. The molecule has 90 valence electrons. The summed E-state index contributed by atoms with van der Waals surface area (Å²) in [6, 6.07) is 0. The van der Waals surface area contributed by atoms with Crippen LogP contribution in [0.2, 0.25) is 0 Å². The van der Waals surface area contributed by atoms with Crippen LogP contribution >= 0.6 is 0 Å². The monoisotopic (exact) mass is 204 g/mol. The summed E-state index contributed by atoms with van der Waals surface area (Å²) < 4.78 is 0. The van der Waals surface area contributed by atoms with Crippen LogP contribution in [-0.4, -0.2) is 26.2 Å². The van der Waals surface area contributed by atoms with E-state index in [1.165, 1.54) is 58.3 Å². The molecule has 2 aliphatic heterocycles. The summed E-state index contributed by atoms with van der Waals surface area (Å²) >= 11 is 0. The van der Waals surface area contributed by atoms with Crippen molar-refractivity contribution in [3.63, 3.8) is 0 Å². The van der Waals surface area contributed by atoms with Gasteiger partial charge in [-0.3, -0.25) is 0 Å². The van der Waals surface area contributed by atoms with E-state index < -0.39 is 0 Å². The van der Waals surface area contributed by atoms with Crippen molar-refractivity contribution < 1.29 is 0 Å². The molecule has 0 aromatic rings. The molecule has 0 radical (unpaired) electrons. The second-order valence-electron chi connectivity index (χ2n) is 3.27. The van der Waals surface area contributed by atoms with E-state index in [0.29, 0.717) is 0 Å². The van der Waals surface area contributed by atoms with Crippen LogP contribution in [0.25, 0.3) is 0 Å². The van der Waals surface area contributed by atoms with Gasteiger partial charge in [-0.15, -0.1) is 0 Å². The van der Waals surface area contributed by atoms with Gasteiger partial charge in [0.25, 0.3) is 0 Å². The normalized spacial score (nSPS) is 18.9. The first-order valence-corrected chi connectivity index (χ1v) is 4.91. The SMILES string of the molecule is C.C.C.C1CCNC1.C1CCNCC1. The van der Waals surface area contributed by atoms with Crippen LogP contribution in [0.4, 0.5) is 0 Å². The first-order chi connectivity index (χ1) is 5.50. The molecule has 2 heterocycles. The van der Waals surface area contributed by atoms with Crippen molar-refractivity contribution in [2.45, 2.75) is 54.4 Å². The molecule has 2 nitrogen and oxygen atoms in total. The second kappa shape index (κ2) is 15.4. The fraction of sp³-hybridized carbons (Fsp3) is 1.00. The Morgan fingerprint density at radius 3 is 0.857 bits per heavy atom. The van der Waals surface area contributed by atoms with Crippen LogP contribution in [0.1, 0.15) is 54.4 Å². The predicted molar refractivity (Wildman–Crippen MR) is 69.0 cm³/mol. The Hall–Kier alpha value is -0.0800. The van der Waals surface area contributed by atoms with Gasteiger partial charge < -0.3 is 10.6 Å². The standard InChI is InChI=1S/C5H11N.C4H9N.3CH4/c1-2-4-6-5-3-1;1-2-4-5-3-1;;;/h6H,1-5H2;5H,1-4H2;3*1H4. The molecule has 2 rings (SSSR count). The minimum absolute atomic E-state index is 0. The maximum atomic E-state index is 3.28. The zero-order valence-electron chi connectivity index (χ0n) is 7.36. The van der Waals surface area contributed by atoms with Gasteiger partial charge in [-0.2, -0.15) is 0 Å². The molecule has 0 aliphatic carbocycles. The minimum Gasteiger partial charge on any atom is -0.317 e. The van der Waals surface area contributed by atoms with Gasteiger partial charge in [0.1, 0.15) is 0 Å². The van der Waals surface area contributed by atoms with E-state index in [9.17, 15) is 0 Å². The lowest BCUT2D eigenvalue weighted by molar-refractivity contribution is 0.520. The molecule has 0 bridgehead atoms. The lowest BCUT2D eigenvalue weighted by Crippen LogP contribution is -2.21. The fourth-order valence-electron chi connectivity index (χ4n) is 1.43. The Balaban J connectivity index is -0.000000144. The van der Waals surface area contributed by atoms with Gasteiger partial charge in [-0.1, -0.05) is 28.7 Å². The van der Waals surface area contributed by atoms with E-state index in [-0.39, 0.29) is 22.3 Å². The summed E-state index contributed by atoms with van der Waals surface area (Å²) in [4.78, 5) is 0. The Labute approximate surface area is 91.9 Å². The lowest BCUT2D eigenvalue weighted by Gasteiger charge is -2.08. The predicted octanol–water partition coefficient (Wildman–Crippen LogP) is 3.04. The average molecular weight is 204 g/mol. The Kier molecular flexibility index (Phi) is 21.4. The molecule has 14 heavy (non-hydrogen) atoms. The van der Waals surface area contributed by atoms with Crippen molar-refractivity contribution in [3.05, 3.63) is 0 Å². The third-order valence-corrected chi connectivity index (χ3v) is 2.16. The van der Waals surface area contributed by atoms with Gasteiger partial charge in [0.2, 0.25) is 0 Å². The van der Waals surface area contributed by atoms with E-state index in [2.05, 4.69) is 10.6 Å². The van der Waals surface area contributed by atoms with Crippen molar-refractivity contribution in [1.82, 2.24) is 10.6 Å². The van der Waals surface area contributed by atoms with Crippen molar-refractivity contribution >= 4 is 0 Å². The molecular weight excluding hydrogens is 172 g/mol. The number of hydrogen-bond acceptors (Lipinski definition) is 2. The summed E-state index contributed by atoms with van der Waals surface area (Å²) in [5.74, 6) is 0. The van der Waals surface area contributed by atoms with Gasteiger partial charge in [0, 0.05) is 0 Å². The summed E-state index contributed by atoms with van der Waals surface area (Å²) in [7, 11) is 0. The maximum absolute atomic E-state index is 3.28. The quantitative estimate of drug-likeness (QED) is 0.634. The van der Waals surface area contributed by atoms with E-state index >= 15 is 0 Å². The van der Waals surface area contributed by atoms with Gasteiger partial charge in [-0.25, -0.2) is 0 Å². The van der Waals surface area contributed by atoms with Gasteiger partial charge >= 0.3 is 0 Å². The minimum atomic E-state index is 0. The topological polar surface area (TPSA) is 24.1 Å². The molecule has 0 amide bonds. The van der Waals surface area contributed by atoms with E-state index in [0.717, 1.165) is 0 Å². The van der Waals surface area contributed by atoms with Gasteiger partial charge in [0.05, 0.1) is 0 Å². The van der Waals surface area contributed by atoms with Crippen LogP contribution in [0.15, 0.2) is 0 Å². The molecule has 2 N–H and O–H groups in total. The van der Waals surface area contributed by atoms with Crippen molar-refractivity contribution in [3.8, 4) is 0 Å². The first kappa shape index (κ1) is 19.5. The van der Waals surface area contributed by atoms with Crippen LogP contribution in [-0.2, 0) is 0 Å². The molecule has 2 heteroatoms. The summed E-state index contributed by atoms with van der Waals surface area (Å²) in [6.07, 6.45) is 6.99. The zero-order valence-corrected chi connectivity index (χ0v) is 7.36. The number of hydrogen-bond donors (Lipinski definition) is 2. The fourth-order valence-corrected chi connectivity index (χ4v) is 1.43. The molecule has 0 spiro atoms. The highest BCUT2D eigenvalue weighted by atomic mass is 14.9. The number of rotatable bonds is 0. The molecule has 0 atom stereocenters. The third-order valence-electron chi connectivity index (χ3n) is 2.16. The van der Waals surface area contributed by atoms with Crippen molar-refractivity contribution in [1.29, 1.82) is 0 Å². The summed E-state index contributed by atoms with van der Waals surface area (Å²) in [5, 5.41) is 6.51. The summed E-state index contributed by atoms with van der Waals surface area (Å²) in [6.45, 7) is 5.00. The van der Waals surface area contributed by atoms with Crippen LogP contribution in [0.5, 0.6) is 0 Å². The third kappa shape index (κ3) is 11.9. The Bertz CT molecular complexity index is 57.3. The zero-order chi connectivity index (χ0) is 7.78. The highest BCUT2D eigenvalue weighted by Gasteiger charge is 1.94. The Morgan fingerprint density at radius 2 is 0.714 bits per heavy atom. The van der Waals surface area contributed by atoms with Crippen molar-refractivity contribution in [2.24, 2.45) is 0 Å². The Morgan fingerprint density at radius 1 is 0.429 bits per heavy atom. The van der Waals surface area contributed by atoms with Crippen molar-refractivity contribution in [2.75, 3.05) is 26.2 Å². The molecule has 2 saturated heterocycles. The molecule has 0 aromatic heterocycles. The smallest absolute Gasteiger partial charge is 0.00484 e. The number of piperidine rings is 1. The molecular formula is C12H32N2. The maximum Gasteiger partial charge on any atom is -0.00484 e.